The third-order valence-corrected chi connectivity index (χ3v) is 6.01. The van der Waals surface area contributed by atoms with Gasteiger partial charge in [0.2, 0.25) is 0 Å². The van der Waals surface area contributed by atoms with Crippen molar-refractivity contribution >= 4 is 10.2 Å². The van der Waals surface area contributed by atoms with Gasteiger partial charge < -0.3 is 0 Å². The van der Waals surface area contributed by atoms with Gasteiger partial charge in [0.1, 0.15) is 0 Å². The molecule has 2 aliphatic rings. The van der Waals surface area contributed by atoms with Crippen LogP contribution in [0.2, 0.25) is 0 Å². The highest BCUT2D eigenvalue weighted by Crippen LogP contribution is 2.38. The Bertz CT molecular complexity index is 689. The summed E-state index contributed by atoms with van der Waals surface area (Å²) in [4.78, 5) is 11.8. The van der Waals surface area contributed by atoms with Gasteiger partial charge in [-0.25, -0.2) is 9.40 Å². The zero-order valence-electron chi connectivity index (χ0n) is 13.3. The summed E-state index contributed by atoms with van der Waals surface area (Å²) in [5, 5.41) is 4.34. The third-order valence-electron chi connectivity index (χ3n) is 4.40. The summed E-state index contributed by atoms with van der Waals surface area (Å²) in [6, 6.07) is 3.29. The van der Waals surface area contributed by atoms with E-state index in [2.05, 4.69) is 9.82 Å². The largest absolute Gasteiger partial charge is 0.279 e. The van der Waals surface area contributed by atoms with Crippen molar-refractivity contribution < 1.29 is 8.42 Å². The molecule has 23 heavy (non-hydrogen) atoms. The van der Waals surface area contributed by atoms with Crippen LogP contribution in [-0.2, 0) is 16.8 Å². The first-order valence-electron chi connectivity index (χ1n) is 8.39. The first kappa shape index (κ1) is 16.6. The molecule has 1 aromatic rings. The average Bonchev–Trinajstić information content (AvgIpc) is 3.36. The monoisotopic (exact) mass is 340 g/mol. The van der Waals surface area contributed by atoms with Crippen LogP contribution in [0, 0.1) is 0 Å². The fraction of sp³-hybridized carbons (Fsp3) is 0.733. The van der Waals surface area contributed by atoms with Gasteiger partial charge in [0, 0.05) is 31.6 Å². The fourth-order valence-electron chi connectivity index (χ4n) is 2.88. The molecule has 1 aliphatic heterocycles. The minimum absolute atomic E-state index is 0.180. The Morgan fingerprint density at radius 1 is 1.13 bits per heavy atom. The van der Waals surface area contributed by atoms with E-state index >= 15 is 0 Å². The molecule has 0 spiro atoms. The topological polar surface area (TPSA) is 84.3 Å². The Labute approximate surface area is 136 Å². The second-order valence-corrected chi connectivity index (χ2v) is 8.06. The zero-order valence-corrected chi connectivity index (χ0v) is 14.1. The molecule has 1 saturated heterocycles. The number of hydrogen-bond donors (Lipinski definition) is 1. The molecule has 8 heteroatoms. The van der Waals surface area contributed by atoms with E-state index in [9.17, 15) is 13.2 Å². The van der Waals surface area contributed by atoms with Crippen LogP contribution >= 0.6 is 0 Å². The lowest BCUT2D eigenvalue weighted by atomic mass is 10.2. The maximum absolute atomic E-state index is 12.3. The lowest BCUT2D eigenvalue weighted by Gasteiger charge is -2.20. The number of nitrogens with one attached hydrogen (secondary N) is 1. The average molecular weight is 340 g/mol. The van der Waals surface area contributed by atoms with Crippen molar-refractivity contribution in [3.05, 3.63) is 28.2 Å². The summed E-state index contributed by atoms with van der Waals surface area (Å²) < 4.78 is 30.1. The Morgan fingerprint density at radius 2 is 1.83 bits per heavy atom. The molecule has 0 amide bonds. The van der Waals surface area contributed by atoms with Gasteiger partial charge in [-0.2, -0.15) is 17.8 Å². The van der Waals surface area contributed by atoms with E-state index < -0.39 is 10.2 Å². The molecule has 0 radical (unpaired) electrons. The summed E-state index contributed by atoms with van der Waals surface area (Å²) >= 11 is 0. The smallest absolute Gasteiger partial charge is 0.268 e. The highest BCUT2D eigenvalue weighted by molar-refractivity contribution is 7.87. The third kappa shape index (κ3) is 4.39. The molecule has 1 aromatic heterocycles. The van der Waals surface area contributed by atoms with Gasteiger partial charge in [-0.1, -0.05) is 12.8 Å². The maximum atomic E-state index is 12.3. The van der Waals surface area contributed by atoms with Crippen LogP contribution in [-0.4, -0.2) is 42.1 Å². The van der Waals surface area contributed by atoms with Crippen LogP contribution in [0.15, 0.2) is 16.9 Å². The van der Waals surface area contributed by atoms with Gasteiger partial charge >= 0.3 is 0 Å². The quantitative estimate of drug-likeness (QED) is 0.831. The molecule has 3 rings (SSSR count). The Morgan fingerprint density at radius 3 is 2.48 bits per heavy atom. The first-order chi connectivity index (χ1) is 11.1. The van der Waals surface area contributed by atoms with Crippen molar-refractivity contribution in [3.8, 4) is 0 Å². The summed E-state index contributed by atoms with van der Waals surface area (Å²) in [5.41, 5.74) is 0.739. The number of nitrogens with zero attached hydrogens (tertiary/aromatic N) is 3. The van der Waals surface area contributed by atoms with Gasteiger partial charge in [-0.3, -0.25) is 4.79 Å². The van der Waals surface area contributed by atoms with E-state index in [1.54, 1.807) is 6.07 Å². The minimum Gasteiger partial charge on any atom is -0.268 e. The van der Waals surface area contributed by atoms with Gasteiger partial charge in [-0.05, 0) is 31.7 Å². The van der Waals surface area contributed by atoms with E-state index in [0.717, 1.165) is 44.2 Å². The van der Waals surface area contributed by atoms with Crippen molar-refractivity contribution in [2.24, 2.45) is 0 Å². The highest BCUT2D eigenvalue weighted by Gasteiger charge is 2.26. The van der Waals surface area contributed by atoms with E-state index in [0.29, 0.717) is 19.0 Å². The molecule has 128 valence electrons. The van der Waals surface area contributed by atoms with Crippen LogP contribution in [0.3, 0.4) is 0 Å². The van der Waals surface area contributed by atoms with Crippen molar-refractivity contribution in [1.29, 1.82) is 0 Å². The van der Waals surface area contributed by atoms with Crippen LogP contribution < -0.4 is 10.3 Å². The Kier molecular flexibility index (Phi) is 5.13. The van der Waals surface area contributed by atoms with Crippen LogP contribution in [0.5, 0.6) is 0 Å². The summed E-state index contributed by atoms with van der Waals surface area (Å²) in [6.07, 6.45) is 6.22. The molecular formula is C15H24N4O3S. The number of hydrogen-bond acceptors (Lipinski definition) is 4. The standard InChI is InChI=1S/C15H24N4O3S/c20-15-8-7-14(13-5-6-13)17-19(15)12-9-16-23(21,22)18-10-3-1-2-4-11-18/h7-8,13,16H,1-6,9-12H2. The van der Waals surface area contributed by atoms with Gasteiger partial charge in [-0.15, -0.1) is 0 Å². The Balaban J connectivity index is 1.58. The molecule has 0 atom stereocenters. The van der Waals surface area contributed by atoms with E-state index in [-0.39, 0.29) is 18.6 Å². The van der Waals surface area contributed by atoms with Crippen LogP contribution in [0.4, 0.5) is 0 Å². The predicted octanol–water partition coefficient (Wildman–Crippen LogP) is 0.831. The van der Waals surface area contributed by atoms with Crippen molar-refractivity contribution in [2.75, 3.05) is 19.6 Å². The minimum atomic E-state index is -3.46. The van der Waals surface area contributed by atoms with E-state index in [1.807, 2.05) is 0 Å². The van der Waals surface area contributed by atoms with Crippen molar-refractivity contribution in [1.82, 2.24) is 18.8 Å². The lowest BCUT2D eigenvalue weighted by Crippen LogP contribution is -2.43. The number of rotatable bonds is 6. The van der Waals surface area contributed by atoms with Crippen LogP contribution in [0.25, 0.3) is 0 Å². The maximum Gasteiger partial charge on any atom is 0.279 e. The molecule has 0 bridgehead atoms. The van der Waals surface area contributed by atoms with E-state index in [1.165, 1.54) is 15.1 Å². The summed E-state index contributed by atoms with van der Waals surface area (Å²) in [7, 11) is -3.46. The second-order valence-electron chi connectivity index (χ2n) is 6.31. The fourth-order valence-corrected chi connectivity index (χ4v) is 4.15. The lowest BCUT2D eigenvalue weighted by molar-refractivity contribution is 0.412. The van der Waals surface area contributed by atoms with Gasteiger partial charge in [0.25, 0.3) is 15.8 Å². The number of aromatic nitrogens is 2. The van der Waals surface area contributed by atoms with Gasteiger partial charge in [0.05, 0.1) is 12.2 Å². The molecule has 0 aromatic carbocycles. The second kappa shape index (κ2) is 7.11. The SMILES string of the molecule is O=c1ccc(C2CC2)nn1CCNS(=O)(=O)N1CCCCCC1. The molecule has 0 unspecified atom stereocenters. The molecule has 7 nitrogen and oxygen atoms in total. The summed E-state index contributed by atoms with van der Waals surface area (Å²) in [5.74, 6) is 0.468. The van der Waals surface area contributed by atoms with Gasteiger partial charge in [0.15, 0.2) is 0 Å². The predicted molar refractivity (Wildman–Crippen MR) is 87.4 cm³/mol. The first-order valence-corrected chi connectivity index (χ1v) is 9.83. The molecule has 1 saturated carbocycles. The normalized spacial score (nSPS) is 20.3. The zero-order chi connectivity index (χ0) is 16.3. The molecule has 2 fully saturated rings. The van der Waals surface area contributed by atoms with E-state index in [4.69, 9.17) is 0 Å². The summed E-state index contributed by atoms with van der Waals surface area (Å²) in [6.45, 7) is 1.59. The Hall–Kier alpha value is -1.25. The molecule has 1 aliphatic carbocycles. The molecular weight excluding hydrogens is 316 g/mol. The van der Waals surface area contributed by atoms with Crippen LogP contribution in [0.1, 0.15) is 50.1 Å². The van der Waals surface area contributed by atoms with Crippen molar-refractivity contribution in [3.63, 3.8) is 0 Å². The molecule has 2 heterocycles. The highest BCUT2D eigenvalue weighted by atomic mass is 32.2. The van der Waals surface area contributed by atoms with Crippen molar-refractivity contribution in [2.45, 2.75) is 51.0 Å². The molecule has 1 N–H and O–H groups in total.